The maximum Gasteiger partial charge on any atom is 0.234 e. The summed E-state index contributed by atoms with van der Waals surface area (Å²) in [5, 5.41) is 7.90. The van der Waals surface area contributed by atoms with Gasteiger partial charge in [-0.15, -0.1) is 11.3 Å². The van der Waals surface area contributed by atoms with Crippen LogP contribution in [0.2, 0.25) is 0 Å². The number of carbonyl (C=O) groups excluding carboxylic acids is 1. The summed E-state index contributed by atoms with van der Waals surface area (Å²) in [5.41, 5.74) is 0.953. The molecule has 0 bridgehead atoms. The second kappa shape index (κ2) is 5.29. The van der Waals surface area contributed by atoms with Crippen molar-refractivity contribution >= 4 is 22.2 Å². The lowest BCUT2D eigenvalue weighted by atomic mass is 10.4. The highest BCUT2D eigenvalue weighted by Crippen LogP contribution is 2.10. The molecule has 92 valence electrons. The molecule has 2 rings (SSSR count). The molecule has 0 aliphatic heterocycles. The Kier molecular flexibility index (Phi) is 3.75. The molecule has 0 radical (unpaired) electrons. The summed E-state index contributed by atoms with van der Waals surface area (Å²) >= 11 is 1.60. The Morgan fingerprint density at radius 3 is 3.12 bits per heavy atom. The SMILES string of the molecule is CC(C)NC(=O)CNCc1cn2ccsc2n1. The van der Waals surface area contributed by atoms with Crippen LogP contribution in [-0.2, 0) is 11.3 Å². The Balaban J connectivity index is 1.79. The van der Waals surface area contributed by atoms with Crippen molar-refractivity contribution in [1.82, 2.24) is 20.0 Å². The first-order valence-corrected chi connectivity index (χ1v) is 6.44. The highest BCUT2D eigenvalue weighted by atomic mass is 32.1. The van der Waals surface area contributed by atoms with E-state index in [1.165, 1.54) is 0 Å². The van der Waals surface area contributed by atoms with Crippen molar-refractivity contribution in [2.45, 2.75) is 26.4 Å². The number of aromatic nitrogens is 2. The van der Waals surface area contributed by atoms with E-state index < -0.39 is 0 Å². The zero-order valence-electron chi connectivity index (χ0n) is 9.93. The first kappa shape index (κ1) is 12.1. The molecule has 6 heteroatoms. The molecule has 17 heavy (non-hydrogen) atoms. The number of thiazole rings is 1. The smallest absolute Gasteiger partial charge is 0.234 e. The van der Waals surface area contributed by atoms with E-state index in [1.54, 1.807) is 11.3 Å². The van der Waals surface area contributed by atoms with Gasteiger partial charge in [-0.3, -0.25) is 9.20 Å². The summed E-state index contributed by atoms with van der Waals surface area (Å²) in [6.45, 7) is 4.83. The molecule has 0 atom stereocenters. The van der Waals surface area contributed by atoms with E-state index in [4.69, 9.17) is 0 Å². The third kappa shape index (κ3) is 3.28. The lowest BCUT2D eigenvalue weighted by molar-refractivity contribution is -0.120. The molecule has 0 aliphatic carbocycles. The fourth-order valence-corrected chi connectivity index (χ4v) is 2.26. The lowest BCUT2D eigenvalue weighted by Crippen LogP contribution is -2.37. The van der Waals surface area contributed by atoms with Crippen molar-refractivity contribution in [2.75, 3.05) is 6.54 Å². The molecule has 1 amide bonds. The summed E-state index contributed by atoms with van der Waals surface area (Å²) < 4.78 is 1.98. The molecule has 0 spiro atoms. The average molecular weight is 252 g/mol. The predicted octanol–water partition coefficient (Wildman–Crippen LogP) is 1.01. The number of nitrogens with one attached hydrogen (secondary N) is 2. The van der Waals surface area contributed by atoms with E-state index in [1.807, 2.05) is 36.0 Å². The van der Waals surface area contributed by atoms with Gasteiger partial charge in [0.05, 0.1) is 12.2 Å². The van der Waals surface area contributed by atoms with Crippen molar-refractivity contribution in [3.63, 3.8) is 0 Å². The third-order valence-electron chi connectivity index (χ3n) is 2.18. The van der Waals surface area contributed by atoms with Gasteiger partial charge < -0.3 is 10.6 Å². The summed E-state index contributed by atoms with van der Waals surface area (Å²) in [4.78, 5) is 16.8. The predicted molar refractivity (Wildman–Crippen MR) is 68.1 cm³/mol. The summed E-state index contributed by atoms with van der Waals surface area (Å²) in [6, 6.07) is 0.183. The summed E-state index contributed by atoms with van der Waals surface area (Å²) in [7, 11) is 0. The maximum atomic E-state index is 11.4. The summed E-state index contributed by atoms with van der Waals surface area (Å²) in [6.07, 6.45) is 3.95. The van der Waals surface area contributed by atoms with Crippen LogP contribution < -0.4 is 10.6 Å². The molecule has 2 aromatic heterocycles. The Bertz CT molecular complexity index is 474. The number of hydrogen-bond acceptors (Lipinski definition) is 4. The molecule has 2 aromatic rings. The minimum absolute atomic E-state index is 0.0148. The zero-order valence-corrected chi connectivity index (χ0v) is 10.8. The molecule has 0 fully saturated rings. The van der Waals surface area contributed by atoms with Crippen LogP contribution >= 0.6 is 11.3 Å². The third-order valence-corrected chi connectivity index (χ3v) is 2.96. The van der Waals surface area contributed by atoms with Crippen molar-refractivity contribution in [2.24, 2.45) is 0 Å². The van der Waals surface area contributed by atoms with E-state index in [-0.39, 0.29) is 11.9 Å². The minimum Gasteiger partial charge on any atom is -0.353 e. The largest absolute Gasteiger partial charge is 0.353 e. The molecular formula is C11H16N4OS. The number of rotatable bonds is 5. The molecule has 0 unspecified atom stereocenters. The Morgan fingerprint density at radius 1 is 1.59 bits per heavy atom. The molecule has 2 heterocycles. The second-order valence-electron chi connectivity index (χ2n) is 4.15. The van der Waals surface area contributed by atoms with Crippen molar-refractivity contribution < 1.29 is 4.79 Å². The van der Waals surface area contributed by atoms with E-state index in [9.17, 15) is 4.79 Å². The number of imidazole rings is 1. The van der Waals surface area contributed by atoms with Gasteiger partial charge in [-0.1, -0.05) is 0 Å². The highest BCUT2D eigenvalue weighted by Gasteiger charge is 2.04. The van der Waals surface area contributed by atoms with Gasteiger partial charge in [-0.25, -0.2) is 4.98 Å². The Hall–Kier alpha value is -1.40. The Labute approximate surface area is 104 Å². The quantitative estimate of drug-likeness (QED) is 0.835. The molecule has 0 saturated carbocycles. The van der Waals surface area contributed by atoms with Gasteiger partial charge in [0, 0.05) is 30.4 Å². The zero-order chi connectivity index (χ0) is 12.3. The molecule has 0 saturated heterocycles. The normalized spacial score (nSPS) is 11.2. The Morgan fingerprint density at radius 2 is 2.41 bits per heavy atom. The number of carbonyl (C=O) groups is 1. The van der Waals surface area contributed by atoms with Crippen molar-refractivity contribution in [1.29, 1.82) is 0 Å². The van der Waals surface area contributed by atoms with Gasteiger partial charge >= 0.3 is 0 Å². The average Bonchev–Trinajstić information content (AvgIpc) is 2.76. The van der Waals surface area contributed by atoms with Gasteiger partial charge in [-0.05, 0) is 13.8 Å². The standard InChI is InChI=1S/C11H16N4OS/c1-8(2)13-10(16)6-12-5-9-7-15-3-4-17-11(15)14-9/h3-4,7-8,12H,5-6H2,1-2H3,(H,13,16). The van der Waals surface area contributed by atoms with Crippen molar-refractivity contribution in [3.8, 4) is 0 Å². The van der Waals surface area contributed by atoms with E-state index in [2.05, 4.69) is 15.6 Å². The van der Waals surface area contributed by atoms with Crippen LogP contribution in [0.5, 0.6) is 0 Å². The summed E-state index contributed by atoms with van der Waals surface area (Å²) in [5.74, 6) is 0.0148. The molecular weight excluding hydrogens is 236 g/mol. The van der Waals surface area contributed by atoms with Crippen LogP contribution in [0.15, 0.2) is 17.8 Å². The van der Waals surface area contributed by atoms with Crippen LogP contribution in [-0.4, -0.2) is 27.9 Å². The van der Waals surface area contributed by atoms with Gasteiger partial charge in [-0.2, -0.15) is 0 Å². The first-order chi connectivity index (χ1) is 8.15. The highest BCUT2D eigenvalue weighted by molar-refractivity contribution is 7.15. The monoisotopic (exact) mass is 252 g/mol. The molecule has 0 aromatic carbocycles. The first-order valence-electron chi connectivity index (χ1n) is 5.56. The fraction of sp³-hybridized carbons (Fsp3) is 0.455. The van der Waals surface area contributed by atoms with Crippen LogP contribution in [0, 0.1) is 0 Å². The number of fused-ring (bicyclic) bond motifs is 1. The van der Waals surface area contributed by atoms with Gasteiger partial charge in [0.15, 0.2) is 4.96 Å². The van der Waals surface area contributed by atoms with Crippen molar-refractivity contribution in [3.05, 3.63) is 23.5 Å². The van der Waals surface area contributed by atoms with E-state index in [0.717, 1.165) is 10.7 Å². The van der Waals surface area contributed by atoms with Gasteiger partial charge in [0.1, 0.15) is 0 Å². The lowest BCUT2D eigenvalue weighted by Gasteiger charge is -2.08. The van der Waals surface area contributed by atoms with Gasteiger partial charge in [0.2, 0.25) is 5.91 Å². The molecule has 5 nitrogen and oxygen atoms in total. The van der Waals surface area contributed by atoms with Crippen LogP contribution in [0.1, 0.15) is 19.5 Å². The van der Waals surface area contributed by atoms with Crippen LogP contribution in [0.25, 0.3) is 4.96 Å². The van der Waals surface area contributed by atoms with Crippen LogP contribution in [0.3, 0.4) is 0 Å². The van der Waals surface area contributed by atoms with Gasteiger partial charge in [0.25, 0.3) is 0 Å². The van der Waals surface area contributed by atoms with Crippen LogP contribution in [0.4, 0.5) is 0 Å². The van der Waals surface area contributed by atoms with E-state index in [0.29, 0.717) is 13.1 Å². The molecule has 2 N–H and O–H groups in total. The maximum absolute atomic E-state index is 11.4. The minimum atomic E-state index is 0.0148. The number of amides is 1. The van der Waals surface area contributed by atoms with E-state index >= 15 is 0 Å². The topological polar surface area (TPSA) is 58.4 Å². The molecule has 0 aliphatic rings. The fourth-order valence-electron chi connectivity index (χ4n) is 1.54. The number of hydrogen-bond donors (Lipinski definition) is 2. The second-order valence-corrected chi connectivity index (χ2v) is 5.02. The number of nitrogens with zero attached hydrogens (tertiary/aromatic N) is 2.